The number of halogens is 1. The van der Waals surface area contributed by atoms with Crippen LogP contribution in [-0.4, -0.2) is 30.4 Å². The molecule has 2 atom stereocenters. The zero-order valence-electron chi connectivity index (χ0n) is 9.53. The van der Waals surface area contributed by atoms with Crippen LogP contribution in [0.15, 0.2) is 24.3 Å². The molecule has 0 bridgehead atoms. The fraction of sp³-hybridized carbons (Fsp3) is 0.462. The topological polar surface area (TPSA) is 32.3 Å². The van der Waals surface area contributed by atoms with Crippen LogP contribution in [0.5, 0.6) is 0 Å². The molecule has 1 aromatic rings. The molecule has 0 aliphatic carbocycles. The van der Waals surface area contributed by atoms with Gasteiger partial charge in [-0.25, -0.2) is 4.39 Å². The molecule has 2 aliphatic rings. The first-order chi connectivity index (χ1) is 8.24. The van der Waals surface area contributed by atoms with Crippen molar-refractivity contribution in [3.8, 4) is 0 Å². The van der Waals surface area contributed by atoms with Gasteiger partial charge < -0.3 is 10.2 Å². The third-order valence-corrected chi connectivity index (χ3v) is 3.69. The Labute approximate surface area is 99.6 Å². The maximum absolute atomic E-state index is 13.1. The lowest BCUT2D eigenvalue weighted by atomic mass is 10.0. The summed E-state index contributed by atoms with van der Waals surface area (Å²) >= 11 is 0. The van der Waals surface area contributed by atoms with Crippen molar-refractivity contribution in [1.82, 2.24) is 10.2 Å². The number of likely N-dealkylation sites (tertiary alicyclic amines) is 1. The van der Waals surface area contributed by atoms with Gasteiger partial charge in [0.2, 0.25) is 5.91 Å². The fourth-order valence-corrected chi connectivity index (χ4v) is 2.82. The molecule has 1 amide bonds. The van der Waals surface area contributed by atoms with E-state index in [0.29, 0.717) is 12.5 Å². The van der Waals surface area contributed by atoms with Crippen LogP contribution < -0.4 is 5.32 Å². The molecule has 1 aromatic carbocycles. The quantitative estimate of drug-likeness (QED) is 0.828. The molecule has 3 nitrogen and oxygen atoms in total. The van der Waals surface area contributed by atoms with Crippen molar-refractivity contribution in [2.24, 2.45) is 11.8 Å². The molecular weight excluding hydrogens is 219 g/mol. The lowest BCUT2D eigenvalue weighted by Gasteiger charge is -2.17. The molecule has 2 saturated heterocycles. The van der Waals surface area contributed by atoms with Crippen LogP contribution >= 0.6 is 0 Å². The molecule has 0 unspecified atom stereocenters. The first-order valence-electron chi connectivity index (χ1n) is 5.98. The van der Waals surface area contributed by atoms with Gasteiger partial charge in [0.05, 0.1) is 5.92 Å². The Hall–Kier alpha value is -1.42. The number of nitrogens with one attached hydrogen (secondary N) is 1. The Balaban J connectivity index is 1.72. The molecular formula is C13H15FN2O. The van der Waals surface area contributed by atoms with E-state index < -0.39 is 0 Å². The van der Waals surface area contributed by atoms with Gasteiger partial charge in [0.1, 0.15) is 5.82 Å². The van der Waals surface area contributed by atoms with Crippen molar-refractivity contribution >= 4 is 5.91 Å². The highest BCUT2D eigenvalue weighted by atomic mass is 19.1. The Bertz CT molecular complexity index is 449. The zero-order chi connectivity index (χ0) is 11.8. The first-order valence-corrected chi connectivity index (χ1v) is 5.98. The lowest BCUT2D eigenvalue weighted by Crippen LogP contribution is -2.30. The SMILES string of the molecule is O=C1[C@H]2CNC[C@@H]2CN1Cc1cccc(F)c1. The van der Waals surface area contributed by atoms with E-state index in [4.69, 9.17) is 0 Å². The first kappa shape index (κ1) is 10.7. The van der Waals surface area contributed by atoms with Crippen LogP contribution in [0.4, 0.5) is 4.39 Å². The van der Waals surface area contributed by atoms with Crippen molar-refractivity contribution in [3.05, 3.63) is 35.6 Å². The van der Waals surface area contributed by atoms with Crippen LogP contribution in [-0.2, 0) is 11.3 Å². The van der Waals surface area contributed by atoms with E-state index >= 15 is 0 Å². The molecule has 0 radical (unpaired) electrons. The van der Waals surface area contributed by atoms with Crippen molar-refractivity contribution in [2.75, 3.05) is 19.6 Å². The monoisotopic (exact) mass is 234 g/mol. The Morgan fingerprint density at radius 3 is 3.06 bits per heavy atom. The molecule has 1 N–H and O–H groups in total. The van der Waals surface area contributed by atoms with E-state index in [1.54, 1.807) is 6.07 Å². The number of rotatable bonds is 2. The number of hydrogen-bond donors (Lipinski definition) is 1. The summed E-state index contributed by atoms with van der Waals surface area (Å²) in [6.45, 7) is 3.05. The number of carbonyl (C=O) groups excluding carboxylic acids is 1. The predicted molar refractivity (Wildman–Crippen MR) is 61.7 cm³/mol. The molecule has 0 aromatic heterocycles. The average molecular weight is 234 g/mol. The second kappa shape index (κ2) is 4.11. The molecule has 2 heterocycles. The van der Waals surface area contributed by atoms with Gasteiger partial charge in [-0.1, -0.05) is 12.1 Å². The van der Waals surface area contributed by atoms with Gasteiger partial charge in [-0.05, 0) is 17.7 Å². The Morgan fingerprint density at radius 2 is 2.29 bits per heavy atom. The van der Waals surface area contributed by atoms with Crippen LogP contribution in [0.1, 0.15) is 5.56 Å². The Morgan fingerprint density at radius 1 is 1.41 bits per heavy atom. The second-order valence-electron chi connectivity index (χ2n) is 4.87. The highest BCUT2D eigenvalue weighted by Gasteiger charge is 2.42. The summed E-state index contributed by atoms with van der Waals surface area (Å²) in [6, 6.07) is 6.48. The zero-order valence-corrected chi connectivity index (χ0v) is 9.53. The van der Waals surface area contributed by atoms with E-state index in [1.807, 2.05) is 11.0 Å². The number of nitrogens with zero attached hydrogens (tertiary/aromatic N) is 1. The van der Waals surface area contributed by atoms with Gasteiger partial charge in [-0.15, -0.1) is 0 Å². The molecule has 2 aliphatic heterocycles. The largest absolute Gasteiger partial charge is 0.338 e. The summed E-state index contributed by atoms with van der Waals surface area (Å²) in [5.41, 5.74) is 0.867. The molecule has 4 heteroatoms. The summed E-state index contributed by atoms with van der Waals surface area (Å²) in [5, 5.41) is 3.24. The van der Waals surface area contributed by atoms with Crippen molar-refractivity contribution in [3.63, 3.8) is 0 Å². The minimum Gasteiger partial charge on any atom is -0.338 e. The maximum atomic E-state index is 13.1. The number of amides is 1. The number of hydrogen-bond acceptors (Lipinski definition) is 2. The molecule has 90 valence electrons. The van der Waals surface area contributed by atoms with Gasteiger partial charge in [0, 0.05) is 32.1 Å². The van der Waals surface area contributed by atoms with Gasteiger partial charge in [-0.3, -0.25) is 4.79 Å². The van der Waals surface area contributed by atoms with Crippen LogP contribution in [0.2, 0.25) is 0 Å². The van der Waals surface area contributed by atoms with Crippen LogP contribution in [0.25, 0.3) is 0 Å². The highest BCUT2D eigenvalue weighted by Crippen LogP contribution is 2.28. The third-order valence-electron chi connectivity index (χ3n) is 3.69. The standard InChI is InChI=1S/C13H15FN2O/c14-11-3-1-2-9(4-11)7-16-8-10-5-15-6-12(10)13(16)17/h1-4,10,12,15H,5-8H2/t10-,12+/m1/s1. The highest BCUT2D eigenvalue weighted by molar-refractivity contribution is 5.82. The van der Waals surface area contributed by atoms with Crippen molar-refractivity contribution in [2.45, 2.75) is 6.54 Å². The van der Waals surface area contributed by atoms with E-state index in [9.17, 15) is 9.18 Å². The fourth-order valence-electron chi connectivity index (χ4n) is 2.82. The molecule has 3 rings (SSSR count). The number of fused-ring (bicyclic) bond motifs is 1. The summed E-state index contributed by atoms with van der Waals surface area (Å²) in [5.74, 6) is 0.555. The molecule has 0 saturated carbocycles. The van der Waals surface area contributed by atoms with Gasteiger partial charge in [-0.2, -0.15) is 0 Å². The van der Waals surface area contributed by atoms with E-state index in [0.717, 1.165) is 25.2 Å². The van der Waals surface area contributed by atoms with Crippen LogP contribution in [0, 0.1) is 17.7 Å². The minimum atomic E-state index is -0.240. The average Bonchev–Trinajstić information content (AvgIpc) is 2.84. The molecule has 0 spiro atoms. The summed E-state index contributed by atoms with van der Waals surface area (Å²) in [6.07, 6.45) is 0. The normalized spacial score (nSPS) is 27.6. The summed E-state index contributed by atoms with van der Waals surface area (Å²) in [7, 11) is 0. The van der Waals surface area contributed by atoms with Gasteiger partial charge in [0.15, 0.2) is 0 Å². The summed E-state index contributed by atoms with van der Waals surface area (Å²) < 4.78 is 13.1. The van der Waals surface area contributed by atoms with Gasteiger partial charge in [0.25, 0.3) is 0 Å². The number of benzene rings is 1. The van der Waals surface area contributed by atoms with Crippen molar-refractivity contribution < 1.29 is 9.18 Å². The van der Waals surface area contributed by atoms with E-state index in [-0.39, 0.29) is 17.6 Å². The maximum Gasteiger partial charge on any atom is 0.227 e. The third kappa shape index (κ3) is 1.93. The number of carbonyl (C=O) groups is 1. The summed E-state index contributed by atoms with van der Waals surface area (Å²) in [4.78, 5) is 13.9. The minimum absolute atomic E-state index is 0.142. The molecule has 2 fully saturated rings. The van der Waals surface area contributed by atoms with Gasteiger partial charge >= 0.3 is 0 Å². The smallest absolute Gasteiger partial charge is 0.227 e. The Kier molecular flexibility index (Phi) is 2.59. The van der Waals surface area contributed by atoms with Crippen molar-refractivity contribution in [1.29, 1.82) is 0 Å². The van der Waals surface area contributed by atoms with E-state index in [1.165, 1.54) is 12.1 Å². The molecule has 17 heavy (non-hydrogen) atoms. The lowest BCUT2D eigenvalue weighted by molar-refractivity contribution is -0.131. The van der Waals surface area contributed by atoms with Crippen LogP contribution in [0.3, 0.4) is 0 Å². The predicted octanol–water partition coefficient (Wildman–Crippen LogP) is 1.00. The van der Waals surface area contributed by atoms with E-state index in [2.05, 4.69) is 5.32 Å². The second-order valence-corrected chi connectivity index (χ2v) is 4.87.